The van der Waals surface area contributed by atoms with Gasteiger partial charge in [0.1, 0.15) is 10.7 Å². The van der Waals surface area contributed by atoms with Gasteiger partial charge in [0.15, 0.2) is 0 Å². The summed E-state index contributed by atoms with van der Waals surface area (Å²) in [5.41, 5.74) is -0.832. The van der Waals surface area contributed by atoms with Gasteiger partial charge < -0.3 is 4.90 Å². The highest BCUT2D eigenvalue weighted by atomic mass is 35.5. The molecule has 0 radical (unpaired) electrons. The first-order valence-corrected chi connectivity index (χ1v) is 8.61. The summed E-state index contributed by atoms with van der Waals surface area (Å²) in [7, 11) is 0. The van der Waals surface area contributed by atoms with E-state index < -0.39 is 11.2 Å². The average Bonchev–Trinajstić information content (AvgIpc) is 3.17. The fourth-order valence-electron chi connectivity index (χ4n) is 3.42. The molecule has 3 amide bonds. The fraction of sp³-hybridized carbons (Fsp3) is 0.312. The van der Waals surface area contributed by atoms with Crippen LogP contribution >= 0.6 is 22.9 Å². The van der Waals surface area contributed by atoms with Crippen LogP contribution in [0.2, 0.25) is 5.02 Å². The first-order chi connectivity index (χ1) is 11.4. The number of thiophene rings is 1. The van der Waals surface area contributed by atoms with Gasteiger partial charge in [-0.2, -0.15) is 0 Å². The highest BCUT2D eigenvalue weighted by Gasteiger charge is 2.52. The van der Waals surface area contributed by atoms with Crippen molar-refractivity contribution in [2.75, 3.05) is 13.1 Å². The summed E-state index contributed by atoms with van der Waals surface area (Å²) in [5, 5.41) is 2.65. The summed E-state index contributed by atoms with van der Waals surface area (Å²) < 4.78 is 14.5. The summed E-state index contributed by atoms with van der Waals surface area (Å²) in [6.07, 6.45) is 0.539. The molecule has 3 heterocycles. The topological polar surface area (TPSA) is 66.5 Å². The van der Waals surface area contributed by atoms with Gasteiger partial charge in [0, 0.05) is 29.6 Å². The first-order valence-electron chi connectivity index (χ1n) is 7.41. The number of nitrogens with one attached hydrogen (secondary N) is 1. The van der Waals surface area contributed by atoms with Crippen molar-refractivity contribution >= 4 is 50.7 Å². The standard InChI is InChI=1S/C16H12ClFN2O3S/c17-12-11-8(18)2-1-3-9(11)24-13(12)14(22)20-5-4-16(7-20)6-10(21)19-15(16)23/h1-3H,4-7H2,(H,19,21,23). The smallest absolute Gasteiger partial charge is 0.265 e. The molecule has 5 nitrogen and oxygen atoms in total. The molecule has 1 atom stereocenters. The Morgan fingerprint density at radius 3 is 2.83 bits per heavy atom. The molecule has 24 heavy (non-hydrogen) atoms. The van der Waals surface area contributed by atoms with E-state index in [4.69, 9.17) is 11.6 Å². The minimum absolute atomic E-state index is 0.102. The van der Waals surface area contributed by atoms with Crippen molar-refractivity contribution in [3.05, 3.63) is 33.9 Å². The van der Waals surface area contributed by atoms with Crippen molar-refractivity contribution in [1.29, 1.82) is 0 Å². The van der Waals surface area contributed by atoms with E-state index in [9.17, 15) is 18.8 Å². The molecule has 2 aromatic rings. The molecule has 1 aromatic heterocycles. The quantitative estimate of drug-likeness (QED) is 0.789. The van der Waals surface area contributed by atoms with Gasteiger partial charge in [-0.3, -0.25) is 19.7 Å². The van der Waals surface area contributed by atoms with E-state index in [1.807, 2.05) is 0 Å². The molecule has 0 aliphatic carbocycles. The van der Waals surface area contributed by atoms with Gasteiger partial charge in [-0.05, 0) is 18.6 Å². The highest BCUT2D eigenvalue weighted by molar-refractivity contribution is 7.21. The molecule has 8 heteroatoms. The van der Waals surface area contributed by atoms with E-state index >= 15 is 0 Å². The van der Waals surface area contributed by atoms with Gasteiger partial charge in [0.25, 0.3) is 5.91 Å². The first kappa shape index (κ1) is 15.5. The number of fused-ring (bicyclic) bond motifs is 1. The predicted molar refractivity (Wildman–Crippen MR) is 87.5 cm³/mol. The third kappa shape index (κ3) is 2.15. The van der Waals surface area contributed by atoms with E-state index in [1.54, 1.807) is 12.1 Å². The second-order valence-electron chi connectivity index (χ2n) is 6.17. The van der Waals surface area contributed by atoms with Gasteiger partial charge in [-0.25, -0.2) is 4.39 Å². The minimum atomic E-state index is -0.832. The zero-order valence-corrected chi connectivity index (χ0v) is 14.0. The number of amides is 3. The molecule has 1 aromatic carbocycles. The molecule has 2 aliphatic heterocycles. The fourth-order valence-corrected chi connectivity index (χ4v) is 4.94. The average molecular weight is 367 g/mol. The molecule has 0 saturated carbocycles. The normalized spacial score (nSPS) is 23.5. The Morgan fingerprint density at radius 2 is 2.17 bits per heavy atom. The predicted octanol–water partition coefficient (Wildman–Crippen LogP) is 2.57. The lowest BCUT2D eigenvalue weighted by Crippen LogP contribution is -2.36. The Hall–Kier alpha value is -1.99. The van der Waals surface area contributed by atoms with Crippen LogP contribution in [0.3, 0.4) is 0 Å². The van der Waals surface area contributed by atoms with Gasteiger partial charge >= 0.3 is 0 Å². The molecule has 0 bridgehead atoms. The SMILES string of the molecule is O=C1CC2(CCN(C(=O)c3sc4cccc(F)c4c3Cl)C2)C(=O)N1. The third-order valence-corrected chi connectivity index (χ3v) is 6.31. The number of rotatable bonds is 1. The second kappa shape index (κ2) is 5.26. The number of carbonyl (C=O) groups is 3. The van der Waals surface area contributed by atoms with E-state index in [1.165, 1.54) is 11.0 Å². The van der Waals surface area contributed by atoms with Gasteiger partial charge in [0.2, 0.25) is 11.8 Å². The molecular formula is C16H12ClFN2O3S. The van der Waals surface area contributed by atoms with Crippen molar-refractivity contribution in [2.24, 2.45) is 5.41 Å². The van der Waals surface area contributed by atoms with Gasteiger partial charge in [-0.1, -0.05) is 17.7 Å². The molecule has 4 rings (SSSR count). The van der Waals surface area contributed by atoms with Crippen LogP contribution in [0, 0.1) is 11.2 Å². The Morgan fingerprint density at radius 1 is 1.38 bits per heavy atom. The maximum absolute atomic E-state index is 13.9. The zero-order valence-electron chi connectivity index (χ0n) is 12.4. The Kier molecular flexibility index (Phi) is 3.40. The summed E-state index contributed by atoms with van der Waals surface area (Å²) in [4.78, 5) is 38.1. The van der Waals surface area contributed by atoms with Gasteiger partial charge in [-0.15, -0.1) is 11.3 Å². The van der Waals surface area contributed by atoms with Gasteiger partial charge in [0.05, 0.1) is 10.4 Å². The zero-order chi connectivity index (χ0) is 17.1. The van der Waals surface area contributed by atoms with Crippen LogP contribution in [0.1, 0.15) is 22.5 Å². The maximum Gasteiger partial charge on any atom is 0.265 e. The molecule has 124 valence electrons. The lowest BCUT2D eigenvalue weighted by atomic mass is 9.85. The van der Waals surface area contributed by atoms with Crippen LogP contribution in [-0.4, -0.2) is 35.7 Å². The van der Waals surface area contributed by atoms with Crippen LogP contribution in [-0.2, 0) is 9.59 Å². The Balaban J connectivity index is 1.66. The molecular weight excluding hydrogens is 355 g/mol. The number of carbonyl (C=O) groups excluding carboxylic acids is 3. The van der Waals surface area contributed by atoms with E-state index in [-0.39, 0.29) is 46.0 Å². The molecule has 1 unspecified atom stereocenters. The molecule has 2 aliphatic rings. The minimum Gasteiger partial charge on any atom is -0.337 e. The molecule has 2 fully saturated rings. The lowest BCUT2D eigenvalue weighted by Gasteiger charge is -2.20. The Labute approximate surface area is 145 Å². The number of hydrogen-bond acceptors (Lipinski definition) is 4. The molecule has 2 saturated heterocycles. The van der Waals surface area contributed by atoms with Crippen LogP contribution in [0.5, 0.6) is 0 Å². The number of likely N-dealkylation sites (tertiary alicyclic amines) is 1. The van der Waals surface area contributed by atoms with Crippen LogP contribution < -0.4 is 5.32 Å². The Bertz CT molecular complexity index is 912. The van der Waals surface area contributed by atoms with Crippen molar-refractivity contribution in [1.82, 2.24) is 10.2 Å². The summed E-state index contributed by atoms with van der Waals surface area (Å²) in [5.74, 6) is -1.43. The van der Waals surface area contributed by atoms with E-state index in [2.05, 4.69) is 5.32 Å². The summed E-state index contributed by atoms with van der Waals surface area (Å²) >= 11 is 7.36. The summed E-state index contributed by atoms with van der Waals surface area (Å²) in [6, 6.07) is 4.58. The van der Waals surface area contributed by atoms with Crippen molar-refractivity contribution in [3.8, 4) is 0 Å². The van der Waals surface area contributed by atoms with Crippen LogP contribution in [0.15, 0.2) is 18.2 Å². The van der Waals surface area contributed by atoms with E-state index in [0.717, 1.165) is 11.3 Å². The third-order valence-electron chi connectivity index (χ3n) is 4.68. The number of nitrogens with zero attached hydrogens (tertiary/aromatic N) is 1. The highest BCUT2D eigenvalue weighted by Crippen LogP contribution is 2.41. The van der Waals surface area contributed by atoms with Crippen molar-refractivity contribution < 1.29 is 18.8 Å². The number of hydrogen-bond donors (Lipinski definition) is 1. The van der Waals surface area contributed by atoms with Crippen molar-refractivity contribution in [2.45, 2.75) is 12.8 Å². The number of benzene rings is 1. The maximum atomic E-state index is 13.9. The summed E-state index contributed by atoms with van der Waals surface area (Å²) in [6.45, 7) is 0.545. The largest absolute Gasteiger partial charge is 0.337 e. The molecule has 1 N–H and O–H groups in total. The van der Waals surface area contributed by atoms with Crippen molar-refractivity contribution in [3.63, 3.8) is 0 Å². The molecule has 1 spiro atoms. The van der Waals surface area contributed by atoms with Crippen LogP contribution in [0.25, 0.3) is 10.1 Å². The van der Waals surface area contributed by atoms with Crippen LogP contribution in [0.4, 0.5) is 4.39 Å². The monoisotopic (exact) mass is 366 g/mol. The number of halogens is 2. The lowest BCUT2D eigenvalue weighted by molar-refractivity contribution is -0.128. The second-order valence-corrected chi connectivity index (χ2v) is 7.60. The van der Waals surface area contributed by atoms with E-state index in [0.29, 0.717) is 17.7 Å². The number of imide groups is 1.